The molecule has 0 bridgehead atoms. The molecule has 0 radical (unpaired) electrons. The van der Waals surface area contributed by atoms with Crippen molar-refractivity contribution < 1.29 is 42.9 Å². The van der Waals surface area contributed by atoms with Crippen molar-refractivity contribution in [2.24, 2.45) is 11.3 Å². The molecule has 39 heavy (non-hydrogen) atoms. The zero-order valence-electron chi connectivity index (χ0n) is 22.8. The molecule has 6 atom stereocenters. The van der Waals surface area contributed by atoms with E-state index in [4.69, 9.17) is 23.4 Å². The molecule has 0 saturated heterocycles. The quantitative estimate of drug-likeness (QED) is 0.422. The molecule has 4 rings (SSSR count). The Morgan fingerprint density at radius 3 is 2.49 bits per heavy atom. The SMILES string of the molecule is CC(=O)OCC(C)(OC(C)=O)[C@@H]1C[C@H](OC(C)=O)[C@@]2(C)Oc3cc(-c4cccnc4)oc(=O)c3[C@H](O)[C@@]2(C)C1. The molecular formula is C28H33NO10. The second-order valence-corrected chi connectivity index (χ2v) is 10.9. The van der Waals surface area contributed by atoms with Crippen LogP contribution in [-0.2, 0) is 28.6 Å². The van der Waals surface area contributed by atoms with E-state index < -0.39 is 58.3 Å². The van der Waals surface area contributed by atoms with Crippen molar-refractivity contribution in [3.8, 4) is 17.1 Å². The first-order valence-corrected chi connectivity index (χ1v) is 12.7. The van der Waals surface area contributed by atoms with E-state index in [-0.39, 0.29) is 36.5 Å². The van der Waals surface area contributed by atoms with Crippen LogP contribution in [0.1, 0.15) is 66.1 Å². The van der Waals surface area contributed by atoms with E-state index in [1.54, 1.807) is 39.1 Å². The van der Waals surface area contributed by atoms with Crippen molar-refractivity contribution in [1.29, 1.82) is 0 Å². The Morgan fingerprint density at radius 2 is 1.90 bits per heavy atom. The fourth-order valence-electron chi connectivity index (χ4n) is 5.85. The predicted molar refractivity (Wildman–Crippen MR) is 135 cm³/mol. The highest BCUT2D eigenvalue weighted by Gasteiger charge is 2.66. The smallest absolute Gasteiger partial charge is 0.345 e. The number of esters is 3. The molecule has 2 aromatic rings. The summed E-state index contributed by atoms with van der Waals surface area (Å²) in [7, 11) is 0. The van der Waals surface area contributed by atoms with E-state index in [1.165, 1.54) is 33.0 Å². The highest BCUT2D eigenvalue weighted by atomic mass is 16.6. The van der Waals surface area contributed by atoms with Gasteiger partial charge in [0.25, 0.3) is 0 Å². The zero-order valence-corrected chi connectivity index (χ0v) is 22.8. The van der Waals surface area contributed by atoms with Crippen LogP contribution in [0.2, 0.25) is 0 Å². The predicted octanol–water partition coefficient (Wildman–Crippen LogP) is 3.12. The van der Waals surface area contributed by atoms with Crippen molar-refractivity contribution in [2.75, 3.05) is 6.61 Å². The topological polar surface area (TPSA) is 151 Å². The summed E-state index contributed by atoms with van der Waals surface area (Å²) in [5, 5.41) is 11.8. The third kappa shape index (κ3) is 5.03. The highest BCUT2D eigenvalue weighted by molar-refractivity contribution is 5.68. The lowest BCUT2D eigenvalue weighted by molar-refractivity contribution is -0.245. The Balaban J connectivity index is 1.84. The number of carbonyl (C=O) groups is 3. The summed E-state index contributed by atoms with van der Waals surface area (Å²) >= 11 is 0. The van der Waals surface area contributed by atoms with Gasteiger partial charge in [-0.15, -0.1) is 0 Å². The number of hydrogen-bond donors (Lipinski definition) is 1. The van der Waals surface area contributed by atoms with Crippen LogP contribution in [0, 0.1) is 11.3 Å². The molecule has 1 aliphatic carbocycles. The van der Waals surface area contributed by atoms with Gasteiger partial charge in [-0.1, -0.05) is 6.92 Å². The zero-order chi connectivity index (χ0) is 28.8. The number of hydrogen-bond acceptors (Lipinski definition) is 11. The van der Waals surface area contributed by atoms with Crippen LogP contribution in [0.4, 0.5) is 0 Å². The van der Waals surface area contributed by atoms with Gasteiger partial charge in [-0.05, 0) is 38.8 Å². The summed E-state index contributed by atoms with van der Waals surface area (Å²) in [6.45, 7) is 8.55. The summed E-state index contributed by atoms with van der Waals surface area (Å²) in [6.07, 6.45) is 1.11. The van der Waals surface area contributed by atoms with Gasteiger partial charge >= 0.3 is 23.5 Å². The monoisotopic (exact) mass is 543 g/mol. The van der Waals surface area contributed by atoms with Crippen LogP contribution in [0.5, 0.6) is 5.75 Å². The normalized spacial score (nSPS) is 29.1. The second-order valence-electron chi connectivity index (χ2n) is 10.9. The summed E-state index contributed by atoms with van der Waals surface area (Å²) in [6, 6.07) is 4.92. The van der Waals surface area contributed by atoms with Gasteiger partial charge < -0.3 is 28.5 Å². The molecule has 0 spiro atoms. The fraction of sp³-hybridized carbons (Fsp3) is 0.536. The Hall–Kier alpha value is -3.73. The molecule has 0 aromatic carbocycles. The number of fused-ring (bicyclic) bond motifs is 2. The van der Waals surface area contributed by atoms with Crippen LogP contribution < -0.4 is 10.4 Å². The van der Waals surface area contributed by atoms with Crippen LogP contribution in [0.15, 0.2) is 39.8 Å². The Labute approximate surface area is 225 Å². The maximum atomic E-state index is 13.2. The average molecular weight is 544 g/mol. The lowest BCUT2D eigenvalue weighted by Gasteiger charge is -2.60. The van der Waals surface area contributed by atoms with Crippen molar-refractivity contribution in [3.05, 3.63) is 46.6 Å². The number of ether oxygens (including phenoxy) is 4. The van der Waals surface area contributed by atoms with Crippen molar-refractivity contribution in [1.82, 2.24) is 4.98 Å². The number of nitrogens with zero attached hydrogens (tertiary/aromatic N) is 1. The van der Waals surface area contributed by atoms with Crippen molar-refractivity contribution in [3.63, 3.8) is 0 Å². The number of rotatable bonds is 6. The first-order valence-electron chi connectivity index (χ1n) is 12.7. The maximum Gasteiger partial charge on any atom is 0.345 e. The molecule has 11 nitrogen and oxygen atoms in total. The van der Waals surface area contributed by atoms with Crippen molar-refractivity contribution in [2.45, 2.75) is 77.8 Å². The van der Waals surface area contributed by atoms with E-state index >= 15 is 0 Å². The summed E-state index contributed by atoms with van der Waals surface area (Å²) in [5.74, 6) is -1.99. The number of aromatic nitrogens is 1. The maximum absolute atomic E-state index is 13.2. The van der Waals surface area contributed by atoms with Gasteiger partial charge in [0.1, 0.15) is 35.4 Å². The largest absolute Gasteiger partial charge is 0.482 e. The summed E-state index contributed by atoms with van der Waals surface area (Å²) < 4.78 is 28.7. The van der Waals surface area contributed by atoms with E-state index in [2.05, 4.69) is 4.98 Å². The first kappa shape index (κ1) is 28.3. The molecule has 1 N–H and O–H groups in total. The summed E-state index contributed by atoms with van der Waals surface area (Å²) in [5.41, 5.74) is -4.17. The van der Waals surface area contributed by atoms with Gasteiger partial charge in [0, 0.05) is 56.1 Å². The molecule has 11 heteroatoms. The fourth-order valence-corrected chi connectivity index (χ4v) is 5.85. The minimum atomic E-state index is -1.40. The molecule has 0 amide bonds. The van der Waals surface area contributed by atoms with Gasteiger partial charge in [0.2, 0.25) is 0 Å². The van der Waals surface area contributed by atoms with Crippen LogP contribution in [-0.4, -0.2) is 51.9 Å². The van der Waals surface area contributed by atoms with Crippen molar-refractivity contribution >= 4 is 17.9 Å². The average Bonchev–Trinajstić information content (AvgIpc) is 2.84. The molecule has 1 saturated carbocycles. The Morgan fingerprint density at radius 1 is 1.18 bits per heavy atom. The minimum Gasteiger partial charge on any atom is -0.482 e. The molecule has 3 heterocycles. The van der Waals surface area contributed by atoms with E-state index in [1.807, 2.05) is 0 Å². The number of aliphatic hydroxyl groups is 1. The number of pyridine rings is 1. The lowest BCUT2D eigenvalue weighted by atomic mass is 9.53. The second kappa shape index (κ2) is 10.1. The van der Waals surface area contributed by atoms with Gasteiger partial charge in [-0.2, -0.15) is 0 Å². The number of carbonyl (C=O) groups excluding carboxylic acids is 3. The third-order valence-corrected chi connectivity index (χ3v) is 8.12. The first-order chi connectivity index (χ1) is 18.2. The van der Waals surface area contributed by atoms with Gasteiger partial charge in [-0.3, -0.25) is 19.4 Å². The third-order valence-electron chi connectivity index (χ3n) is 8.12. The molecule has 1 aliphatic heterocycles. The van der Waals surface area contributed by atoms with Crippen LogP contribution in [0.3, 0.4) is 0 Å². The van der Waals surface area contributed by atoms with E-state index in [0.29, 0.717) is 5.56 Å². The molecule has 2 aliphatic rings. The van der Waals surface area contributed by atoms with E-state index in [0.717, 1.165) is 0 Å². The lowest BCUT2D eigenvalue weighted by Crippen LogP contribution is -2.68. The molecule has 1 fully saturated rings. The van der Waals surface area contributed by atoms with Gasteiger partial charge in [-0.25, -0.2) is 4.79 Å². The van der Waals surface area contributed by atoms with E-state index in [9.17, 15) is 24.3 Å². The number of aliphatic hydroxyl groups excluding tert-OH is 1. The molecule has 2 aromatic heterocycles. The molecular weight excluding hydrogens is 510 g/mol. The van der Waals surface area contributed by atoms with Crippen LogP contribution in [0.25, 0.3) is 11.3 Å². The molecule has 210 valence electrons. The Kier molecular flexibility index (Phi) is 7.33. The molecule has 1 unspecified atom stereocenters. The van der Waals surface area contributed by atoms with Crippen LogP contribution >= 0.6 is 0 Å². The van der Waals surface area contributed by atoms with Gasteiger partial charge in [0.05, 0.1) is 6.10 Å². The minimum absolute atomic E-state index is 0.0704. The van der Waals surface area contributed by atoms with Gasteiger partial charge in [0.15, 0.2) is 5.60 Å². The highest BCUT2D eigenvalue weighted by Crippen LogP contribution is 2.61. The Bertz CT molecular complexity index is 1340. The summed E-state index contributed by atoms with van der Waals surface area (Å²) in [4.78, 5) is 53.2. The standard InChI is InChI=1S/C28H33NO10/c1-15(30)35-14-27(5,38-17(3)32)19-10-22(36-16(2)31)28(6)26(4,12-19)24(33)23-21(39-28)11-20(37-25(23)34)18-8-7-9-29-13-18/h7-9,11,13,19,22,24,33H,10,12,14H2,1-6H3/t19-,22+,24+,26-,27?,28-/m1/s1.